The average Bonchev–Trinajstić information content (AvgIpc) is 3.36. The molecule has 1 fully saturated rings. The molecule has 0 aliphatic heterocycles. The first-order chi connectivity index (χ1) is 11.7. The van der Waals surface area contributed by atoms with Crippen molar-refractivity contribution in [3.63, 3.8) is 0 Å². The highest BCUT2D eigenvalue weighted by atomic mass is 32.2. The summed E-state index contributed by atoms with van der Waals surface area (Å²) in [6.07, 6.45) is 2.32. The van der Waals surface area contributed by atoms with E-state index in [2.05, 4.69) is 10.3 Å². The number of hydrogen-bond acceptors (Lipinski definition) is 4. The molecule has 1 aliphatic carbocycles. The van der Waals surface area contributed by atoms with Crippen LogP contribution in [0.4, 0.5) is 10.2 Å². The summed E-state index contributed by atoms with van der Waals surface area (Å²) in [4.78, 5) is 16.5. The first-order valence-electron chi connectivity index (χ1n) is 7.88. The molecule has 2 atom stereocenters. The number of aliphatic hydroxyl groups is 1. The lowest BCUT2D eigenvalue weighted by molar-refractivity contribution is -0.117. The van der Waals surface area contributed by atoms with Gasteiger partial charge in [0.05, 0.1) is 6.61 Å². The number of carbonyl (C=O) groups is 1. The van der Waals surface area contributed by atoms with Gasteiger partial charge in [0.1, 0.15) is 11.6 Å². The lowest BCUT2D eigenvalue weighted by atomic mass is 10.1. The number of amides is 1. The Morgan fingerprint density at radius 2 is 2.21 bits per heavy atom. The number of aliphatic hydroxyl groups excluding tert-OH is 1. The third-order valence-electron chi connectivity index (χ3n) is 4.01. The number of aromatic nitrogens is 1. The normalized spacial score (nSPS) is 19.1. The van der Waals surface area contributed by atoms with Gasteiger partial charge in [0.25, 0.3) is 0 Å². The molecular weight excluding hydrogens is 327 g/mol. The average molecular weight is 346 g/mol. The lowest BCUT2D eigenvalue weighted by Crippen LogP contribution is -2.15. The zero-order chi connectivity index (χ0) is 16.9. The lowest BCUT2D eigenvalue weighted by Gasteiger charge is -2.07. The molecule has 2 aromatic rings. The van der Waals surface area contributed by atoms with Crippen LogP contribution >= 0.6 is 11.8 Å². The molecular formula is C18H19FN2O2S. The quantitative estimate of drug-likeness (QED) is 0.756. The first-order valence-corrected chi connectivity index (χ1v) is 9.03. The van der Waals surface area contributed by atoms with Crippen LogP contribution in [0.3, 0.4) is 0 Å². The number of nitrogens with one attached hydrogen (secondary N) is 1. The van der Waals surface area contributed by atoms with Crippen molar-refractivity contribution in [3.8, 4) is 0 Å². The van der Waals surface area contributed by atoms with Crippen molar-refractivity contribution in [1.82, 2.24) is 4.98 Å². The molecule has 4 nitrogen and oxygen atoms in total. The second-order valence-corrected chi connectivity index (χ2v) is 6.89. The summed E-state index contributed by atoms with van der Waals surface area (Å²) in [5.41, 5.74) is 1.65. The molecule has 6 heteroatoms. The van der Waals surface area contributed by atoms with Crippen LogP contribution in [0.2, 0.25) is 0 Å². The van der Waals surface area contributed by atoms with Gasteiger partial charge in [-0.3, -0.25) is 4.79 Å². The summed E-state index contributed by atoms with van der Waals surface area (Å²) < 4.78 is 13.8. The predicted octanol–water partition coefficient (Wildman–Crippen LogP) is 3.19. The Balaban J connectivity index is 1.58. The Morgan fingerprint density at radius 3 is 3.00 bits per heavy atom. The van der Waals surface area contributed by atoms with E-state index in [-0.39, 0.29) is 30.2 Å². The van der Waals surface area contributed by atoms with Gasteiger partial charge in [0.2, 0.25) is 5.91 Å². The van der Waals surface area contributed by atoms with Gasteiger partial charge in [-0.2, -0.15) is 11.8 Å². The number of halogens is 1. The maximum Gasteiger partial charge on any atom is 0.229 e. The molecule has 0 bridgehead atoms. The highest BCUT2D eigenvalue weighted by Gasteiger charge is 2.45. The van der Waals surface area contributed by atoms with Gasteiger partial charge in [0, 0.05) is 23.6 Å². The molecule has 1 heterocycles. The number of nitrogens with zero attached hydrogens (tertiary/aromatic N) is 1. The van der Waals surface area contributed by atoms with Crippen LogP contribution < -0.4 is 5.32 Å². The largest absolute Gasteiger partial charge is 0.396 e. The molecule has 0 spiro atoms. The molecule has 1 aliphatic rings. The van der Waals surface area contributed by atoms with Crippen LogP contribution in [0.15, 0.2) is 42.6 Å². The summed E-state index contributed by atoms with van der Waals surface area (Å²) in [5.74, 6) is 1.34. The van der Waals surface area contributed by atoms with E-state index >= 15 is 0 Å². The summed E-state index contributed by atoms with van der Waals surface area (Å²) in [5, 5.41) is 11.6. The third-order valence-corrected chi connectivity index (χ3v) is 5.02. The van der Waals surface area contributed by atoms with Gasteiger partial charge < -0.3 is 10.4 Å². The minimum Gasteiger partial charge on any atom is -0.396 e. The SMILES string of the molecule is O=C(Nc1cc(CSCCO)ccn1)C1CC1c1ccccc1F. The van der Waals surface area contributed by atoms with Crippen molar-refractivity contribution in [2.75, 3.05) is 17.7 Å². The summed E-state index contributed by atoms with van der Waals surface area (Å²) in [6, 6.07) is 10.3. The van der Waals surface area contributed by atoms with Crippen molar-refractivity contribution in [1.29, 1.82) is 0 Å². The Kier molecular flexibility index (Phi) is 5.48. The monoisotopic (exact) mass is 346 g/mol. The second-order valence-electron chi connectivity index (χ2n) is 5.78. The predicted molar refractivity (Wildman–Crippen MR) is 93.4 cm³/mol. The molecule has 1 saturated carbocycles. The van der Waals surface area contributed by atoms with E-state index in [1.807, 2.05) is 12.1 Å². The molecule has 24 heavy (non-hydrogen) atoms. The van der Waals surface area contributed by atoms with Crippen LogP contribution in [-0.4, -0.2) is 28.4 Å². The van der Waals surface area contributed by atoms with E-state index in [0.717, 1.165) is 11.3 Å². The number of carbonyl (C=O) groups excluding carboxylic acids is 1. The number of rotatable bonds is 7. The summed E-state index contributed by atoms with van der Waals surface area (Å²) >= 11 is 1.62. The van der Waals surface area contributed by atoms with Crippen molar-refractivity contribution < 1.29 is 14.3 Å². The molecule has 126 valence electrons. The van der Waals surface area contributed by atoms with Gasteiger partial charge in [-0.25, -0.2) is 9.37 Å². The van der Waals surface area contributed by atoms with Gasteiger partial charge in [0.15, 0.2) is 0 Å². The Morgan fingerprint density at radius 1 is 1.38 bits per heavy atom. The van der Waals surface area contributed by atoms with Gasteiger partial charge in [-0.1, -0.05) is 18.2 Å². The molecule has 1 aromatic carbocycles. The van der Waals surface area contributed by atoms with E-state index in [4.69, 9.17) is 5.11 Å². The van der Waals surface area contributed by atoms with Crippen molar-refractivity contribution in [3.05, 3.63) is 59.5 Å². The molecule has 0 radical (unpaired) electrons. The van der Waals surface area contributed by atoms with Crippen molar-refractivity contribution in [2.24, 2.45) is 5.92 Å². The third kappa shape index (κ3) is 4.13. The van der Waals surface area contributed by atoms with E-state index in [1.54, 1.807) is 36.2 Å². The minimum absolute atomic E-state index is 0.0468. The number of anilines is 1. The Bertz CT molecular complexity index is 726. The zero-order valence-electron chi connectivity index (χ0n) is 13.1. The zero-order valence-corrected chi connectivity index (χ0v) is 13.9. The standard InChI is InChI=1S/C18H19FN2O2S/c19-16-4-2-1-3-13(16)14-10-15(14)18(23)21-17-9-12(5-6-20-17)11-24-8-7-22/h1-6,9,14-15,22H,7-8,10-11H2,(H,20,21,23). The van der Waals surface area contributed by atoms with Crippen LogP contribution in [0.25, 0.3) is 0 Å². The maximum absolute atomic E-state index is 13.8. The minimum atomic E-state index is -0.251. The Hall–Kier alpha value is -1.92. The highest BCUT2D eigenvalue weighted by Crippen LogP contribution is 2.48. The molecule has 3 rings (SSSR count). The second kappa shape index (κ2) is 7.77. The summed E-state index contributed by atoms with van der Waals surface area (Å²) in [7, 11) is 0. The van der Waals surface area contributed by atoms with Crippen LogP contribution in [0.1, 0.15) is 23.5 Å². The van der Waals surface area contributed by atoms with Crippen LogP contribution in [0, 0.1) is 11.7 Å². The highest BCUT2D eigenvalue weighted by molar-refractivity contribution is 7.98. The summed E-state index contributed by atoms with van der Waals surface area (Å²) in [6.45, 7) is 0.151. The fraction of sp³-hybridized carbons (Fsp3) is 0.333. The van der Waals surface area contributed by atoms with Crippen LogP contribution in [-0.2, 0) is 10.5 Å². The van der Waals surface area contributed by atoms with Gasteiger partial charge in [-0.15, -0.1) is 0 Å². The van der Waals surface area contributed by atoms with Gasteiger partial charge in [-0.05, 0) is 41.7 Å². The van der Waals surface area contributed by atoms with E-state index in [0.29, 0.717) is 23.6 Å². The fourth-order valence-corrected chi connectivity index (χ4v) is 3.40. The number of pyridine rings is 1. The number of hydrogen-bond donors (Lipinski definition) is 2. The van der Waals surface area contributed by atoms with Crippen molar-refractivity contribution >= 4 is 23.5 Å². The number of benzene rings is 1. The van der Waals surface area contributed by atoms with E-state index in [9.17, 15) is 9.18 Å². The van der Waals surface area contributed by atoms with Crippen molar-refractivity contribution in [2.45, 2.75) is 18.1 Å². The maximum atomic E-state index is 13.8. The van der Waals surface area contributed by atoms with Crippen LogP contribution in [0.5, 0.6) is 0 Å². The fourth-order valence-electron chi connectivity index (χ4n) is 2.71. The van der Waals surface area contributed by atoms with E-state index < -0.39 is 0 Å². The van der Waals surface area contributed by atoms with E-state index in [1.165, 1.54) is 6.07 Å². The molecule has 0 saturated heterocycles. The first kappa shape index (κ1) is 16.9. The number of thioether (sulfide) groups is 1. The molecule has 1 aromatic heterocycles. The Labute approximate surface area is 144 Å². The molecule has 1 amide bonds. The smallest absolute Gasteiger partial charge is 0.229 e. The molecule has 2 unspecified atom stereocenters. The van der Waals surface area contributed by atoms with Gasteiger partial charge >= 0.3 is 0 Å². The topological polar surface area (TPSA) is 62.2 Å². The molecule has 2 N–H and O–H groups in total.